The Morgan fingerprint density at radius 1 is 1.27 bits per heavy atom. The molecule has 0 aromatic carbocycles. The molecule has 2 heterocycles. The first-order valence-electron chi connectivity index (χ1n) is 4.52. The van der Waals surface area contributed by atoms with E-state index in [0.29, 0.717) is 5.71 Å². The van der Waals surface area contributed by atoms with E-state index < -0.39 is 0 Å². The molecule has 0 atom stereocenters. The molecule has 2 aromatic rings. The highest BCUT2D eigenvalue weighted by molar-refractivity contribution is 5.74. The monoisotopic (exact) mass is 209 g/mol. The van der Waals surface area contributed by atoms with Crippen LogP contribution >= 0.6 is 0 Å². The second-order valence-corrected chi connectivity index (χ2v) is 4.41. The van der Waals surface area contributed by atoms with E-state index in [1.807, 2.05) is 26.8 Å². The zero-order valence-corrected chi connectivity index (χ0v) is 8.47. The SMILES string of the molecule is C.CC(C)(C)c1cc2cc(F)cnc2o1. The zero-order valence-electron chi connectivity index (χ0n) is 8.47. The number of nitrogens with zero attached hydrogens (tertiary/aromatic N) is 1. The fraction of sp³-hybridized carbons (Fsp3) is 0.417. The predicted octanol–water partition coefficient (Wildman–Crippen LogP) is 3.90. The van der Waals surface area contributed by atoms with E-state index in [9.17, 15) is 4.39 Å². The minimum atomic E-state index is -0.334. The summed E-state index contributed by atoms with van der Waals surface area (Å²) in [7, 11) is 0. The van der Waals surface area contributed by atoms with Crippen molar-refractivity contribution in [3.8, 4) is 0 Å². The Balaban J connectivity index is 0.00000112. The van der Waals surface area contributed by atoms with Crippen molar-refractivity contribution in [2.75, 3.05) is 0 Å². The number of rotatable bonds is 0. The van der Waals surface area contributed by atoms with Crippen LogP contribution in [-0.4, -0.2) is 4.98 Å². The van der Waals surface area contributed by atoms with E-state index in [1.54, 1.807) is 0 Å². The van der Waals surface area contributed by atoms with Crippen LogP contribution in [0.4, 0.5) is 4.39 Å². The lowest BCUT2D eigenvalue weighted by molar-refractivity contribution is 0.426. The fourth-order valence-electron chi connectivity index (χ4n) is 1.28. The van der Waals surface area contributed by atoms with Crippen molar-refractivity contribution < 1.29 is 8.81 Å². The lowest BCUT2D eigenvalue weighted by atomic mass is 9.93. The van der Waals surface area contributed by atoms with Gasteiger partial charge in [0, 0.05) is 10.8 Å². The molecule has 0 aliphatic carbocycles. The molecule has 0 radical (unpaired) electrons. The van der Waals surface area contributed by atoms with E-state index in [-0.39, 0.29) is 18.7 Å². The Morgan fingerprint density at radius 3 is 2.53 bits per heavy atom. The Bertz CT molecular complexity index is 468. The van der Waals surface area contributed by atoms with Gasteiger partial charge in [-0.15, -0.1) is 0 Å². The van der Waals surface area contributed by atoms with Crippen molar-refractivity contribution in [3.63, 3.8) is 0 Å². The van der Waals surface area contributed by atoms with Crippen molar-refractivity contribution in [2.45, 2.75) is 33.6 Å². The lowest BCUT2D eigenvalue weighted by Crippen LogP contribution is -2.08. The normalized spacial score (nSPS) is 11.5. The van der Waals surface area contributed by atoms with Crippen LogP contribution in [0.3, 0.4) is 0 Å². The second kappa shape index (κ2) is 3.65. The average Bonchev–Trinajstić information content (AvgIpc) is 2.45. The van der Waals surface area contributed by atoms with E-state index >= 15 is 0 Å². The molecule has 0 aliphatic rings. The van der Waals surface area contributed by atoms with Crippen LogP contribution in [0.25, 0.3) is 11.1 Å². The van der Waals surface area contributed by atoms with Gasteiger partial charge in [0.25, 0.3) is 0 Å². The van der Waals surface area contributed by atoms with Crippen molar-refractivity contribution >= 4 is 11.1 Å². The van der Waals surface area contributed by atoms with Gasteiger partial charge in [0.05, 0.1) is 6.20 Å². The summed E-state index contributed by atoms with van der Waals surface area (Å²) in [5.74, 6) is 0.490. The van der Waals surface area contributed by atoms with Crippen LogP contribution in [0.15, 0.2) is 22.7 Å². The quantitative estimate of drug-likeness (QED) is 0.657. The van der Waals surface area contributed by atoms with Gasteiger partial charge in [-0.1, -0.05) is 28.2 Å². The summed E-state index contributed by atoms with van der Waals surface area (Å²) in [6.07, 6.45) is 1.16. The summed E-state index contributed by atoms with van der Waals surface area (Å²) in [6.45, 7) is 6.13. The maximum absolute atomic E-state index is 12.8. The maximum atomic E-state index is 12.8. The number of furan rings is 1. The molecule has 0 amide bonds. The van der Waals surface area contributed by atoms with Gasteiger partial charge in [-0.3, -0.25) is 0 Å². The molecule has 0 N–H and O–H groups in total. The summed E-state index contributed by atoms with van der Waals surface area (Å²) in [4.78, 5) is 3.87. The molecule has 3 heteroatoms. The van der Waals surface area contributed by atoms with Gasteiger partial charge in [-0.05, 0) is 12.1 Å². The molecule has 0 saturated carbocycles. The molecule has 82 valence electrons. The molecule has 2 aromatic heterocycles. The summed E-state index contributed by atoms with van der Waals surface area (Å²) < 4.78 is 18.3. The van der Waals surface area contributed by atoms with E-state index in [4.69, 9.17) is 4.42 Å². The Morgan fingerprint density at radius 2 is 1.93 bits per heavy atom. The first-order chi connectivity index (χ1) is 6.47. The van der Waals surface area contributed by atoms with E-state index in [0.717, 1.165) is 17.3 Å². The van der Waals surface area contributed by atoms with E-state index in [1.165, 1.54) is 6.07 Å². The number of fused-ring (bicyclic) bond motifs is 1. The van der Waals surface area contributed by atoms with Crippen molar-refractivity contribution in [1.82, 2.24) is 4.98 Å². The summed E-state index contributed by atoms with van der Waals surface area (Å²) in [5.41, 5.74) is 0.424. The first-order valence-corrected chi connectivity index (χ1v) is 4.52. The van der Waals surface area contributed by atoms with Gasteiger partial charge in [0.15, 0.2) is 0 Å². The number of pyridine rings is 1. The minimum Gasteiger partial charge on any atom is -0.442 e. The molecular formula is C12H16FNO. The van der Waals surface area contributed by atoms with Crippen LogP contribution in [0.1, 0.15) is 34.0 Å². The van der Waals surface area contributed by atoms with Crippen LogP contribution in [-0.2, 0) is 5.41 Å². The maximum Gasteiger partial charge on any atom is 0.226 e. The van der Waals surface area contributed by atoms with Gasteiger partial charge in [-0.25, -0.2) is 9.37 Å². The number of aromatic nitrogens is 1. The highest BCUT2D eigenvalue weighted by Crippen LogP contribution is 2.28. The highest BCUT2D eigenvalue weighted by atomic mass is 19.1. The number of hydrogen-bond acceptors (Lipinski definition) is 2. The summed E-state index contributed by atoms with van der Waals surface area (Å²) >= 11 is 0. The standard InChI is InChI=1S/C11H12FNO.CH4/c1-11(2,3)9-5-7-4-8(12)6-13-10(7)14-9;/h4-6H,1-3H3;1H4. The first kappa shape index (κ1) is 11.7. The van der Waals surface area contributed by atoms with Crippen molar-refractivity contribution in [1.29, 1.82) is 0 Å². The number of halogens is 1. The molecule has 0 spiro atoms. The molecule has 0 aliphatic heterocycles. The van der Waals surface area contributed by atoms with Crippen molar-refractivity contribution in [2.24, 2.45) is 0 Å². The third-order valence-electron chi connectivity index (χ3n) is 2.08. The molecule has 0 bridgehead atoms. The molecule has 0 saturated heterocycles. The van der Waals surface area contributed by atoms with Crippen LogP contribution in [0, 0.1) is 5.82 Å². The molecular weight excluding hydrogens is 193 g/mol. The highest BCUT2D eigenvalue weighted by Gasteiger charge is 2.19. The van der Waals surface area contributed by atoms with Gasteiger partial charge in [0.1, 0.15) is 11.6 Å². The summed E-state index contributed by atoms with van der Waals surface area (Å²) in [5, 5.41) is 0.718. The molecule has 15 heavy (non-hydrogen) atoms. The smallest absolute Gasteiger partial charge is 0.226 e. The largest absolute Gasteiger partial charge is 0.442 e. The fourth-order valence-corrected chi connectivity index (χ4v) is 1.28. The minimum absolute atomic E-state index is 0. The molecule has 0 unspecified atom stereocenters. The van der Waals surface area contributed by atoms with Gasteiger partial charge in [-0.2, -0.15) is 0 Å². The Kier molecular flexibility index (Phi) is 2.84. The van der Waals surface area contributed by atoms with Crippen molar-refractivity contribution in [3.05, 3.63) is 29.9 Å². The molecule has 2 rings (SSSR count). The predicted molar refractivity (Wildman–Crippen MR) is 59.4 cm³/mol. The Labute approximate surface area is 89.1 Å². The van der Waals surface area contributed by atoms with Crippen LogP contribution in [0.5, 0.6) is 0 Å². The third kappa shape index (κ3) is 2.17. The second-order valence-electron chi connectivity index (χ2n) is 4.41. The topological polar surface area (TPSA) is 26.0 Å². The van der Waals surface area contributed by atoms with Gasteiger partial charge < -0.3 is 4.42 Å². The molecule has 0 fully saturated rings. The average molecular weight is 209 g/mol. The zero-order chi connectivity index (χ0) is 10.3. The summed E-state index contributed by atoms with van der Waals surface area (Å²) in [6, 6.07) is 3.27. The van der Waals surface area contributed by atoms with Crippen LogP contribution < -0.4 is 0 Å². The molecule has 2 nitrogen and oxygen atoms in total. The third-order valence-corrected chi connectivity index (χ3v) is 2.08. The van der Waals surface area contributed by atoms with Gasteiger partial charge >= 0.3 is 0 Å². The van der Waals surface area contributed by atoms with E-state index in [2.05, 4.69) is 4.98 Å². The van der Waals surface area contributed by atoms with Crippen LogP contribution in [0.2, 0.25) is 0 Å². The van der Waals surface area contributed by atoms with Gasteiger partial charge in [0.2, 0.25) is 5.71 Å². The number of hydrogen-bond donors (Lipinski definition) is 0. The Hall–Kier alpha value is -1.38. The lowest BCUT2D eigenvalue weighted by Gasteiger charge is -2.13.